The quantitative estimate of drug-likeness (QED) is 0.853. The molecule has 2 heterocycles. The van der Waals surface area contributed by atoms with Crippen LogP contribution in [0, 0.1) is 0 Å². The largest absolute Gasteiger partial charge is 0.482 e. The molecule has 2 amide bonds. The molecule has 1 saturated heterocycles. The van der Waals surface area contributed by atoms with Crippen molar-refractivity contribution in [3.63, 3.8) is 0 Å². The van der Waals surface area contributed by atoms with Gasteiger partial charge in [0.15, 0.2) is 12.0 Å². The third kappa shape index (κ3) is 3.80. The van der Waals surface area contributed by atoms with Crippen LogP contribution in [0.4, 0.5) is 0 Å². The number of amides is 2. The number of hydrogen-bond acceptors (Lipinski definition) is 5. The van der Waals surface area contributed by atoms with Crippen LogP contribution in [-0.2, 0) is 9.59 Å². The first-order valence-electron chi connectivity index (χ1n) is 6.89. The summed E-state index contributed by atoms with van der Waals surface area (Å²) < 4.78 is 10.7. The highest BCUT2D eigenvalue weighted by molar-refractivity contribution is 8.00. The molecule has 1 atom stereocenters. The molecule has 6 nitrogen and oxygen atoms in total. The second-order valence-electron chi connectivity index (χ2n) is 4.84. The van der Waals surface area contributed by atoms with Crippen LogP contribution in [0.5, 0.6) is 5.75 Å². The zero-order chi connectivity index (χ0) is 17.1. The standard InChI is InChI=1S/C15H12Cl2N2O4S/c16-9-3-4-11(10(17)6-9)23-7-13(20)18-19-14(21)8-24-15(19)12-2-1-5-22-12/h1-6,15H,7-8H2,(H,18,20). The fourth-order valence-corrected chi connectivity index (χ4v) is 3.61. The van der Waals surface area contributed by atoms with Gasteiger partial charge in [0.1, 0.15) is 11.5 Å². The van der Waals surface area contributed by atoms with Crippen LogP contribution in [0.2, 0.25) is 10.0 Å². The normalized spacial score (nSPS) is 17.2. The van der Waals surface area contributed by atoms with Crippen molar-refractivity contribution in [2.24, 2.45) is 0 Å². The molecule has 1 N–H and O–H groups in total. The van der Waals surface area contributed by atoms with Crippen LogP contribution in [-0.4, -0.2) is 29.2 Å². The zero-order valence-corrected chi connectivity index (χ0v) is 14.5. The van der Waals surface area contributed by atoms with Gasteiger partial charge in [0.05, 0.1) is 17.0 Å². The van der Waals surface area contributed by atoms with E-state index in [-0.39, 0.29) is 18.3 Å². The molecule has 1 unspecified atom stereocenters. The molecule has 0 saturated carbocycles. The van der Waals surface area contributed by atoms with E-state index in [1.165, 1.54) is 29.1 Å². The first-order chi connectivity index (χ1) is 11.5. The van der Waals surface area contributed by atoms with E-state index in [1.807, 2.05) is 0 Å². The Labute approximate surface area is 152 Å². The van der Waals surface area contributed by atoms with E-state index < -0.39 is 11.3 Å². The number of thioether (sulfide) groups is 1. The molecule has 9 heteroatoms. The van der Waals surface area contributed by atoms with E-state index in [0.717, 1.165) is 0 Å². The number of carbonyl (C=O) groups excluding carboxylic acids is 2. The van der Waals surface area contributed by atoms with Gasteiger partial charge >= 0.3 is 0 Å². The predicted octanol–water partition coefficient (Wildman–Crippen LogP) is 3.27. The van der Waals surface area contributed by atoms with Gasteiger partial charge in [-0.25, -0.2) is 5.01 Å². The van der Waals surface area contributed by atoms with Gasteiger partial charge in [0, 0.05) is 5.02 Å². The minimum absolute atomic E-state index is 0.209. The summed E-state index contributed by atoms with van der Waals surface area (Å²) >= 11 is 13.1. The van der Waals surface area contributed by atoms with E-state index >= 15 is 0 Å². The number of hydrogen-bond donors (Lipinski definition) is 1. The molecular formula is C15H12Cl2N2O4S. The molecule has 1 aliphatic heterocycles. The average molecular weight is 387 g/mol. The third-order valence-corrected chi connectivity index (χ3v) is 4.86. The number of nitrogens with one attached hydrogen (secondary N) is 1. The minimum atomic E-state index is -0.478. The van der Waals surface area contributed by atoms with E-state index in [1.54, 1.807) is 24.3 Å². The number of benzene rings is 1. The van der Waals surface area contributed by atoms with Gasteiger partial charge in [-0.15, -0.1) is 11.8 Å². The average Bonchev–Trinajstić information content (AvgIpc) is 3.17. The lowest BCUT2D eigenvalue weighted by Crippen LogP contribution is -2.46. The molecule has 24 heavy (non-hydrogen) atoms. The summed E-state index contributed by atoms with van der Waals surface area (Å²) in [6.45, 7) is -0.291. The number of hydrazine groups is 1. The summed E-state index contributed by atoms with van der Waals surface area (Å²) in [5.74, 6) is 0.497. The first kappa shape index (κ1) is 17.0. The van der Waals surface area contributed by atoms with Crippen molar-refractivity contribution in [2.45, 2.75) is 5.37 Å². The Morgan fingerprint density at radius 1 is 1.42 bits per heavy atom. The molecule has 1 aromatic carbocycles. The van der Waals surface area contributed by atoms with Crippen LogP contribution in [0.3, 0.4) is 0 Å². The number of ether oxygens (including phenoxy) is 1. The topological polar surface area (TPSA) is 71.8 Å². The van der Waals surface area contributed by atoms with Gasteiger partial charge in [-0.3, -0.25) is 15.0 Å². The smallest absolute Gasteiger partial charge is 0.276 e. The number of rotatable bonds is 5. The van der Waals surface area contributed by atoms with Crippen molar-refractivity contribution in [2.75, 3.05) is 12.4 Å². The first-order valence-corrected chi connectivity index (χ1v) is 8.69. The SMILES string of the molecule is O=C(COc1ccc(Cl)cc1Cl)NN1C(=O)CSC1c1ccco1. The summed E-state index contributed by atoms with van der Waals surface area (Å²) in [6, 6.07) is 8.17. The Morgan fingerprint density at radius 3 is 2.96 bits per heavy atom. The summed E-state index contributed by atoms with van der Waals surface area (Å²) in [7, 11) is 0. The lowest BCUT2D eigenvalue weighted by Gasteiger charge is -2.22. The van der Waals surface area contributed by atoms with E-state index in [0.29, 0.717) is 21.6 Å². The fourth-order valence-electron chi connectivity index (χ4n) is 2.09. The highest BCUT2D eigenvalue weighted by atomic mass is 35.5. The molecule has 1 fully saturated rings. The van der Waals surface area contributed by atoms with Gasteiger partial charge in [0.25, 0.3) is 11.8 Å². The van der Waals surface area contributed by atoms with Crippen molar-refractivity contribution in [3.8, 4) is 5.75 Å². The molecular weight excluding hydrogens is 375 g/mol. The van der Waals surface area contributed by atoms with Crippen molar-refractivity contribution in [1.29, 1.82) is 0 Å². The second kappa shape index (κ2) is 7.38. The fraction of sp³-hybridized carbons (Fsp3) is 0.200. The molecule has 1 aromatic heterocycles. The molecule has 126 valence electrons. The summed E-state index contributed by atoms with van der Waals surface area (Å²) in [4.78, 5) is 24.0. The maximum absolute atomic E-state index is 12.1. The van der Waals surface area contributed by atoms with Gasteiger partial charge < -0.3 is 9.15 Å². The van der Waals surface area contributed by atoms with E-state index in [4.69, 9.17) is 32.4 Å². The van der Waals surface area contributed by atoms with Gasteiger partial charge in [-0.1, -0.05) is 23.2 Å². The monoisotopic (exact) mass is 386 g/mol. The zero-order valence-electron chi connectivity index (χ0n) is 12.2. The number of carbonyl (C=O) groups is 2. The van der Waals surface area contributed by atoms with Crippen LogP contribution in [0.15, 0.2) is 41.0 Å². The van der Waals surface area contributed by atoms with E-state index in [2.05, 4.69) is 5.43 Å². The van der Waals surface area contributed by atoms with Crippen LogP contribution in [0.1, 0.15) is 11.1 Å². The summed E-state index contributed by atoms with van der Waals surface area (Å²) in [6.07, 6.45) is 1.52. The summed E-state index contributed by atoms with van der Waals surface area (Å²) in [5.41, 5.74) is 2.54. The summed E-state index contributed by atoms with van der Waals surface area (Å²) in [5, 5.41) is 1.63. The van der Waals surface area contributed by atoms with Crippen molar-refractivity contribution >= 4 is 46.8 Å². The van der Waals surface area contributed by atoms with Crippen LogP contribution < -0.4 is 10.2 Å². The molecule has 0 radical (unpaired) electrons. The highest BCUT2D eigenvalue weighted by Crippen LogP contribution is 2.37. The maximum atomic E-state index is 12.1. The lowest BCUT2D eigenvalue weighted by atomic mass is 10.3. The Hall–Kier alpha value is -1.83. The number of halogens is 2. The van der Waals surface area contributed by atoms with Gasteiger partial charge in [-0.05, 0) is 30.3 Å². The van der Waals surface area contributed by atoms with Crippen LogP contribution in [0.25, 0.3) is 0 Å². The molecule has 0 aliphatic carbocycles. The Balaban J connectivity index is 1.60. The molecule has 1 aliphatic rings. The second-order valence-corrected chi connectivity index (χ2v) is 6.75. The predicted molar refractivity (Wildman–Crippen MR) is 90.9 cm³/mol. The van der Waals surface area contributed by atoms with Crippen molar-refractivity contribution in [3.05, 3.63) is 52.4 Å². The molecule has 2 aromatic rings. The lowest BCUT2D eigenvalue weighted by molar-refractivity contribution is -0.140. The maximum Gasteiger partial charge on any atom is 0.276 e. The molecule has 0 bridgehead atoms. The van der Waals surface area contributed by atoms with Crippen molar-refractivity contribution < 1.29 is 18.7 Å². The van der Waals surface area contributed by atoms with Crippen molar-refractivity contribution in [1.82, 2.24) is 10.4 Å². The molecule has 3 rings (SSSR count). The molecule has 0 spiro atoms. The van der Waals surface area contributed by atoms with E-state index in [9.17, 15) is 9.59 Å². The van der Waals surface area contributed by atoms with Gasteiger partial charge in [0.2, 0.25) is 0 Å². The Bertz CT molecular complexity index is 754. The minimum Gasteiger partial charge on any atom is -0.482 e. The Kier molecular flexibility index (Phi) is 5.23. The number of nitrogens with zero attached hydrogens (tertiary/aromatic N) is 1. The van der Waals surface area contributed by atoms with Gasteiger partial charge in [-0.2, -0.15) is 0 Å². The third-order valence-electron chi connectivity index (χ3n) is 3.15. The Morgan fingerprint density at radius 2 is 2.25 bits per heavy atom. The number of furan rings is 1. The van der Waals surface area contributed by atoms with Crippen LogP contribution >= 0.6 is 35.0 Å². The highest BCUT2D eigenvalue weighted by Gasteiger charge is 2.36.